The molecule has 12 heteroatoms. The monoisotopic (exact) mass is 532 g/mol. The van der Waals surface area contributed by atoms with Crippen LogP contribution >= 0.6 is 35.6 Å². The van der Waals surface area contributed by atoms with Crippen LogP contribution in [0.25, 0.3) is 0 Å². The molecule has 3 aliphatic heterocycles. The fraction of sp³-hybridized carbons (Fsp3) is 0.0435. The Bertz CT molecular complexity index is 1410. The van der Waals surface area contributed by atoms with E-state index in [2.05, 4.69) is 16.0 Å². The number of rotatable bonds is 2. The summed E-state index contributed by atoms with van der Waals surface area (Å²) >= 11 is 11.9. The third-order valence-corrected chi connectivity index (χ3v) is 6.04. The van der Waals surface area contributed by atoms with E-state index in [1.54, 1.807) is 30.3 Å². The van der Waals surface area contributed by atoms with Crippen molar-refractivity contribution in [2.75, 3.05) is 5.43 Å². The van der Waals surface area contributed by atoms with E-state index in [0.717, 1.165) is 0 Å². The molecule has 0 radical (unpaired) electrons. The Hall–Kier alpha value is -3.79. The molecule has 3 aliphatic rings. The van der Waals surface area contributed by atoms with Gasteiger partial charge < -0.3 is 19.7 Å². The Balaban J connectivity index is 0.00000253. The topological polar surface area (TPSA) is 116 Å². The number of fused-ring (bicyclic) bond motifs is 6. The number of ether oxygens (including phenoxy) is 2. The number of hydrazine groups is 2. The number of anilines is 1. The highest BCUT2D eigenvalue weighted by Crippen LogP contribution is 2.57. The zero-order valence-corrected chi connectivity index (χ0v) is 19.8. The minimum atomic E-state index is -1.33. The summed E-state index contributed by atoms with van der Waals surface area (Å²) in [4.78, 5) is 13.1. The van der Waals surface area contributed by atoms with Crippen LogP contribution in [0.1, 0.15) is 27.0 Å². The summed E-state index contributed by atoms with van der Waals surface area (Å²) in [7, 11) is 0. The molecule has 0 fully saturated rings. The van der Waals surface area contributed by atoms with Gasteiger partial charge >= 0.3 is 5.97 Å². The highest BCUT2D eigenvalue weighted by atomic mass is 35.5. The largest absolute Gasteiger partial charge is 0.508 e. The van der Waals surface area contributed by atoms with E-state index >= 15 is 0 Å². The molecule has 0 aromatic heterocycles. The Morgan fingerprint density at radius 1 is 0.943 bits per heavy atom. The quantitative estimate of drug-likeness (QED) is 0.272. The van der Waals surface area contributed by atoms with Crippen LogP contribution in [0.5, 0.6) is 23.0 Å². The van der Waals surface area contributed by atoms with E-state index in [-0.39, 0.29) is 34.2 Å². The molecule has 0 atom stereocenters. The summed E-state index contributed by atoms with van der Waals surface area (Å²) in [6, 6.07) is 14.3. The summed E-state index contributed by atoms with van der Waals surface area (Å²) in [5, 5.41) is 25.7. The van der Waals surface area contributed by atoms with E-state index in [1.807, 2.05) is 0 Å². The first-order valence-corrected chi connectivity index (χ1v) is 10.8. The number of allylic oxidation sites excluding steroid dienone is 1. The number of benzene rings is 3. The van der Waals surface area contributed by atoms with Gasteiger partial charge in [-0.3, -0.25) is 10.9 Å². The maximum absolute atomic E-state index is 13.1. The first-order chi connectivity index (χ1) is 16.3. The second kappa shape index (κ2) is 8.16. The molecule has 4 N–H and O–H groups in total. The van der Waals surface area contributed by atoms with Gasteiger partial charge in [-0.05, 0) is 36.4 Å². The number of phenolic OH excluding ortho intramolecular Hbond substituents is 2. The number of halogens is 3. The summed E-state index contributed by atoms with van der Waals surface area (Å²) in [5.41, 5.74) is 6.90. The van der Waals surface area contributed by atoms with Gasteiger partial charge in [0, 0.05) is 34.9 Å². The van der Waals surface area contributed by atoms with Crippen LogP contribution in [-0.2, 0) is 10.3 Å². The smallest absolute Gasteiger partial charge is 0.340 e. The fourth-order valence-electron chi connectivity index (χ4n) is 4.34. The third-order valence-electron chi connectivity index (χ3n) is 5.66. The molecule has 0 amide bonds. The third kappa shape index (κ3) is 3.56. The van der Waals surface area contributed by atoms with E-state index < -0.39 is 11.6 Å². The van der Waals surface area contributed by atoms with Crippen molar-refractivity contribution in [3.63, 3.8) is 0 Å². The predicted octanol–water partition coefficient (Wildman–Crippen LogP) is 4.87. The van der Waals surface area contributed by atoms with Crippen LogP contribution in [0.15, 0.2) is 70.9 Å². The molecule has 6 rings (SSSR count). The maximum atomic E-state index is 13.1. The predicted molar refractivity (Wildman–Crippen MR) is 131 cm³/mol. The molecule has 3 heterocycles. The van der Waals surface area contributed by atoms with E-state index in [0.29, 0.717) is 39.4 Å². The molecule has 178 valence electrons. The van der Waals surface area contributed by atoms with Gasteiger partial charge in [-0.2, -0.15) is 0 Å². The van der Waals surface area contributed by atoms with Crippen molar-refractivity contribution in [3.8, 4) is 23.0 Å². The number of nitrogens with zero attached hydrogens (tertiary/aromatic N) is 2. The molecule has 1 spiro atoms. The molecule has 0 saturated heterocycles. The molecule has 3 aromatic carbocycles. The first kappa shape index (κ1) is 23.0. The van der Waals surface area contributed by atoms with Gasteiger partial charge in [0.25, 0.3) is 0 Å². The van der Waals surface area contributed by atoms with Crippen LogP contribution in [0.2, 0.25) is 0 Å². The van der Waals surface area contributed by atoms with Crippen molar-refractivity contribution >= 4 is 52.4 Å². The Labute approximate surface area is 214 Å². The van der Waals surface area contributed by atoms with Gasteiger partial charge in [0.05, 0.1) is 11.3 Å². The van der Waals surface area contributed by atoms with Crippen LogP contribution in [0.3, 0.4) is 0 Å². The number of esters is 1. The molecular formula is C23H15Cl3N4O5. The number of carbonyl (C=O) groups is 1. The highest BCUT2D eigenvalue weighted by Gasteiger charge is 2.53. The summed E-state index contributed by atoms with van der Waals surface area (Å²) in [6.07, 6.45) is 1.45. The van der Waals surface area contributed by atoms with Gasteiger partial charge in [-0.15, -0.1) is 22.7 Å². The summed E-state index contributed by atoms with van der Waals surface area (Å²) in [5.74, 6) is 0.0440. The zero-order chi connectivity index (χ0) is 23.6. The SMILES string of the molecule is Cl.O=C1OC2(c3ccc(O)cc3Oc3cc(O)ccc32)c2ccc(NN3N=C(Cl)C=C(Cl)N3)cc21. The number of phenols is 2. The van der Waals surface area contributed by atoms with Gasteiger partial charge in [0.2, 0.25) is 0 Å². The van der Waals surface area contributed by atoms with Gasteiger partial charge in [0.1, 0.15) is 28.2 Å². The molecule has 35 heavy (non-hydrogen) atoms. The standard InChI is InChI=1S/C23H14Cl2N4O5.ClH/c24-20-10-21(25)28-29(27-20)26-11-1-4-15-14(7-11)22(32)34-23(15)16-5-2-12(30)8-18(16)33-19-9-13(31)3-6-17(19)23;/h1-10,26-27,30-31H;1H. The van der Waals surface area contributed by atoms with Crippen molar-refractivity contribution in [2.45, 2.75) is 5.60 Å². The summed E-state index contributed by atoms with van der Waals surface area (Å²) < 4.78 is 12.0. The lowest BCUT2D eigenvalue weighted by Crippen LogP contribution is -2.39. The molecule has 0 bridgehead atoms. The number of carbonyl (C=O) groups excluding carboxylic acids is 1. The lowest BCUT2D eigenvalue weighted by Gasteiger charge is -2.36. The minimum Gasteiger partial charge on any atom is -0.508 e. The number of hydrazone groups is 1. The Morgan fingerprint density at radius 2 is 1.57 bits per heavy atom. The van der Waals surface area contributed by atoms with Gasteiger partial charge in [0.15, 0.2) is 10.8 Å². The van der Waals surface area contributed by atoms with Crippen molar-refractivity contribution in [3.05, 3.63) is 88.1 Å². The normalized spacial score (nSPS) is 16.4. The van der Waals surface area contributed by atoms with E-state index in [9.17, 15) is 15.0 Å². The maximum Gasteiger partial charge on any atom is 0.340 e. The highest BCUT2D eigenvalue weighted by molar-refractivity contribution is 6.69. The molecule has 0 saturated carbocycles. The first-order valence-electron chi connectivity index (χ1n) is 10.0. The van der Waals surface area contributed by atoms with Crippen LogP contribution < -0.4 is 15.6 Å². The molecule has 9 nitrogen and oxygen atoms in total. The van der Waals surface area contributed by atoms with Crippen LogP contribution in [0, 0.1) is 0 Å². The van der Waals surface area contributed by atoms with Gasteiger partial charge in [-0.25, -0.2) is 4.79 Å². The number of hydrogen-bond donors (Lipinski definition) is 4. The number of aromatic hydroxyl groups is 2. The van der Waals surface area contributed by atoms with Gasteiger partial charge in [-0.1, -0.05) is 29.3 Å². The van der Waals surface area contributed by atoms with Crippen molar-refractivity contribution < 1.29 is 24.5 Å². The number of hydrogen-bond acceptors (Lipinski definition) is 9. The number of nitrogens with one attached hydrogen (secondary N) is 2. The zero-order valence-electron chi connectivity index (χ0n) is 17.5. The molecule has 0 unspecified atom stereocenters. The molecule has 3 aromatic rings. The van der Waals surface area contributed by atoms with Crippen LogP contribution in [-0.4, -0.2) is 26.6 Å². The average Bonchev–Trinajstić information content (AvgIpc) is 3.05. The second-order valence-electron chi connectivity index (χ2n) is 7.74. The average molecular weight is 534 g/mol. The second-order valence-corrected chi connectivity index (χ2v) is 8.54. The van der Waals surface area contributed by atoms with Crippen molar-refractivity contribution in [1.29, 1.82) is 0 Å². The minimum absolute atomic E-state index is 0. The van der Waals surface area contributed by atoms with Crippen LogP contribution in [0.4, 0.5) is 5.69 Å². The van der Waals surface area contributed by atoms with Crippen molar-refractivity contribution in [1.82, 2.24) is 10.7 Å². The lowest BCUT2D eigenvalue weighted by molar-refractivity contribution is 0.0224. The Kier molecular flexibility index (Phi) is 5.36. The van der Waals surface area contributed by atoms with E-state index in [4.69, 9.17) is 32.7 Å². The lowest BCUT2D eigenvalue weighted by atomic mass is 9.77. The van der Waals surface area contributed by atoms with Crippen molar-refractivity contribution in [2.24, 2.45) is 5.10 Å². The Morgan fingerprint density at radius 3 is 2.20 bits per heavy atom. The van der Waals surface area contributed by atoms with E-state index in [1.165, 1.54) is 35.6 Å². The molecule has 0 aliphatic carbocycles. The summed E-state index contributed by atoms with van der Waals surface area (Å²) in [6.45, 7) is 0. The molecular weight excluding hydrogens is 519 g/mol. The fourth-order valence-corrected chi connectivity index (χ4v) is 4.76.